The first-order valence-electron chi connectivity index (χ1n) is 6.90. The number of benzene rings is 1. The predicted octanol–water partition coefficient (Wildman–Crippen LogP) is 2.65. The molecule has 2 N–H and O–H groups in total. The van der Waals surface area contributed by atoms with E-state index < -0.39 is 11.9 Å². The summed E-state index contributed by atoms with van der Waals surface area (Å²) >= 11 is 0. The van der Waals surface area contributed by atoms with E-state index in [1.165, 1.54) is 13.2 Å². The van der Waals surface area contributed by atoms with Gasteiger partial charge in [-0.3, -0.25) is 0 Å². The monoisotopic (exact) mass is 267 g/mol. The van der Waals surface area contributed by atoms with Crippen LogP contribution >= 0.6 is 0 Å². The molecule has 1 aromatic carbocycles. The van der Waals surface area contributed by atoms with E-state index in [2.05, 4.69) is 12.2 Å². The van der Waals surface area contributed by atoms with Crippen molar-refractivity contribution >= 4 is 0 Å². The van der Waals surface area contributed by atoms with Crippen molar-refractivity contribution in [2.24, 2.45) is 5.92 Å². The van der Waals surface area contributed by atoms with Crippen LogP contribution in [0, 0.1) is 11.7 Å². The van der Waals surface area contributed by atoms with E-state index in [0.717, 1.165) is 25.8 Å². The van der Waals surface area contributed by atoms with Crippen LogP contribution in [-0.2, 0) is 0 Å². The third-order valence-corrected chi connectivity index (χ3v) is 4.02. The lowest BCUT2D eigenvalue weighted by molar-refractivity contribution is 0.0975. The van der Waals surface area contributed by atoms with Crippen LogP contribution < -0.4 is 10.1 Å². The van der Waals surface area contributed by atoms with Gasteiger partial charge in [0.25, 0.3) is 0 Å². The van der Waals surface area contributed by atoms with Gasteiger partial charge in [0.2, 0.25) is 0 Å². The molecule has 3 nitrogen and oxygen atoms in total. The Morgan fingerprint density at radius 2 is 2.32 bits per heavy atom. The van der Waals surface area contributed by atoms with Gasteiger partial charge in [0, 0.05) is 6.04 Å². The summed E-state index contributed by atoms with van der Waals surface area (Å²) in [5, 5.41) is 13.7. The summed E-state index contributed by atoms with van der Waals surface area (Å²) in [5.74, 6) is 0.421. The standard InChI is InChI=1S/C15H22FNO2/c1-3-10-6-7-17-13(8-10)15(18)11-4-5-14(19-2)12(16)9-11/h4-5,9-10,13,15,17-18H,3,6-8H2,1-2H3. The molecule has 1 aliphatic rings. The Bertz CT molecular complexity index is 425. The van der Waals surface area contributed by atoms with Crippen molar-refractivity contribution < 1.29 is 14.2 Å². The number of hydrogen-bond donors (Lipinski definition) is 2. The molecule has 0 aliphatic carbocycles. The van der Waals surface area contributed by atoms with E-state index in [9.17, 15) is 9.50 Å². The molecule has 0 aromatic heterocycles. The second-order valence-corrected chi connectivity index (χ2v) is 5.20. The van der Waals surface area contributed by atoms with Gasteiger partial charge in [-0.25, -0.2) is 4.39 Å². The van der Waals surface area contributed by atoms with Gasteiger partial charge in [-0.1, -0.05) is 19.4 Å². The highest BCUT2D eigenvalue weighted by Gasteiger charge is 2.27. The van der Waals surface area contributed by atoms with Crippen LogP contribution in [-0.4, -0.2) is 24.8 Å². The molecule has 3 atom stereocenters. The minimum absolute atomic E-state index is 0.00601. The lowest BCUT2D eigenvalue weighted by Gasteiger charge is -2.33. The van der Waals surface area contributed by atoms with Crippen LogP contribution in [0.1, 0.15) is 37.9 Å². The van der Waals surface area contributed by atoms with Crippen LogP contribution in [0.15, 0.2) is 18.2 Å². The first-order chi connectivity index (χ1) is 9.15. The second kappa shape index (κ2) is 6.35. The number of methoxy groups -OCH3 is 1. The van der Waals surface area contributed by atoms with Crippen LogP contribution in [0.2, 0.25) is 0 Å². The molecule has 106 valence electrons. The molecule has 3 unspecified atom stereocenters. The Labute approximate surface area is 113 Å². The molecule has 19 heavy (non-hydrogen) atoms. The molecule has 4 heteroatoms. The summed E-state index contributed by atoms with van der Waals surface area (Å²) in [6.45, 7) is 3.09. The van der Waals surface area contributed by atoms with Crippen molar-refractivity contribution in [1.82, 2.24) is 5.32 Å². The molecule has 1 fully saturated rings. The Hall–Kier alpha value is -1.13. The minimum atomic E-state index is -0.672. The Kier molecular flexibility index (Phi) is 4.77. The van der Waals surface area contributed by atoms with Gasteiger partial charge in [-0.15, -0.1) is 0 Å². The fourth-order valence-electron chi connectivity index (χ4n) is 2.74. The van der Waals surface area contributed by atoms with E-state index >= 15 is 0 Å². The third-order valence-electron chi connectivity index (χ3n) is 4.02. The summed E-state index contributed by atoms with van der Waals surface area (Å²) in [7, 11) is 1.43. The highest BCUT2D eigenvalue weighted by Crippen LogP contribution is 2.29. The van der Waals surface area contributed by atoms with Crippen molar-refractivity contribution in [3.05, 3.63) is 29.6 Å². The predicted molar refractivity (Wildman–Crippen MR) is 72.7 cm³/mol. The van der Waals surface area contributed by atoms with E-state index in [0.29, 0.717) is 11.5 Å². The maximum absolute atomic E-state index is 13.7. The summed E-state index contributed by atoms with van der Waals surface area (Å²) in [5.41, 5.74) is 0.604. The van der Waals surface area contributed by atoms with Crippen molar-refractivity contribution in [1.29, 1.82) is 0 Å². The fraction of sp³-hybridized carbons (Fsp3) is 0.600. The van der Waals surface area contributed by atoms with Gasteiger partial charge in [-0.05, 0) is 43.0 Å². The summed E-state index contributed by atoms with van der Waals surface area (Å²) in [6, 6.07) is 4.66. The minimum Gasteiger partial charge on any atom is -0.494 e. The number of piperidine rings is 1. The molecule has 1 saturated heterocycles. The molecule has 0 radical (unpaired) electrons. The molecule has 0 amide bonds. The molecule has 0 bridgehead atoms. The maximum atomic E-state index is 13.7. The molecule has 1 heterocycles. The van der Waals surface area contributed by atoms with Crippen LogP contribution in [0.5, 0.6) is 5.75 Å². The van der Waals surface area contributed by atoms with Crippen molar-refractivity contribution in [2.45, 2.75) is 38.3 Å². The first kappa shape index (κ1) is 14.3. The number of rotatable bonds is 4. The molecule has 0 saturated carbocycles. The fourth-order valence-corrected chi connectivity index (χ4v) is 2.74. The van der Waals surface area contributed by atoms with E-state index in [1.54, 1.807) is 12.1 Å². The maximum Gasteiger partial charge on any atom is 0.165 e. The van der Waals surface area contributed by atoms with Crippen LogP contribution in [0.25, 0.3) is 0 Å². The lowest BCUT2D eigenvalue weighted by atomic mass is 9.86. The highest BCUT2D eigenvalue weighted by atomic mass is 19.1. The Balaban J connectivity index is 2.10. The van der Waals surface area contributed by atoms with E-state index in [-0.39, 0.29) is 11.8 Å². The highest BCUT2D eigenvalue weighted by molar-refractivity contribution is 5.31. The number of aliphatic hydroxyl groups excluding tert-OH is 1. The zero-order valence-corrected chi connectivity index (χ0v) is 11.5. The van der Waals surface area contributed by atoms with Gasteiger partial charge in [0.05, 0.1) is 13.2 Å². The van der Waals surface area contributed by atoms with Gasteiger partial charge in [0.1, 0.15) is 0 Å². The summed E-state index contributed by atoms with van der Waals surface area (Å²) in [6.07, 6.45) is 2.54. The largest absolute Gasteiger partial charge is 0.494 e. The smallest absolute Gasteiger partial charge is 0.165 e. The topological polar surface area (TPSA) is 41.5 Å². The number of nitrogens with one attached hydrogen (secondary N) is 1. The summed E-state index contributed by atoms with van der Waals surface area (Å²) < 4.78 is 18.6. The summed E-state index contributed by atoms with van der Waals surface area (Å²) in [4.78, 5) is 0. The van der Waals surface area contributed by atoms with E-state index in [1.807, 2.05) is 0 Å². The van der Waals surface area contributed by atoms with Crippen LogP contribution in [0.4, 0.5) is 4.39 Å². The molecule has 2 rings (SSSR count). The third kappa shape index (κ3) is 3.25. The molecular weight excluding hydrogens is 245 g/mol. The molecule has 1 aliphatic heterocycles. The molecule has 0 spiro atoms. The average Bonchev–Trinajstić information content (AvgIpc) is 2.46. The number of hydrogen-bond acceptors (Lipinski definition) is 3. The Morgan fingerprint density at radius 3 is 2.95 bits per heavy atom. The molecule has 1 aromatic rings. The van der Waals surface area contributed by atoms with E-state index in [4.69, 9.17) is 4.74 Å². The van der Waals surface area contributed by atoms with Gasteiger partial charge in [0.15, 0.2) is 11.6 Å². The first-order valence-corrected chi connectivity index (χ1v) is 6.90. The van der Waals surface area contributed by atoms with Crippen molar-refractivity contribution in [3.63, 3.8) is 0 Å². The van der Waals surface area contributed by atoms with Gasteiger partial charge >= 0.3 is 0 Å². The molecular formula is C15H22FNO2. The lowest BCUT2D eigenvalue weighted by Crippen LogP contribution is -2.42. The average molecular weight is 267 g/mol. The van der Waals surface area contributed by atoms with Gasteiger partial charge < -0.3 is 15.2 Å². The zero-order valence-electron chi connectivity index (χ0n) is 11.5. The normalized spacial score (nSPS) is 25.1. The van der Waals surface area contributed by atoms with Crippen molar-refractivity contribution in [2.75, 3.05) is 13.7 Å². The SMILES string of the molecule is CCC1CCNC(C(O)c2ccc(OC)c(F)c2)C1. The second-order valence-electron chi connectivity index (χ2n) is 5.20. The Morgan fingerprint density at radius 1 is 1.53 bits per heavy atom. The quantitative estimate of drug-likeness (QED) is 0.881. The number of ether oxygens (including phenoxy) is 1. The number of halogens is 1. The number of aliphatic hydroxyl groups is 1. The van der Waals surface area contributed by atoms with Crippen molar-refractivity contribution in [3.8, 4) is 5.75 Å². The van der Waals surface area contributed by atoms with Crippen LogP contribution in [0.3, 0.4) is 0 Å². The van der Waals surface area contributed by atoms with Gasteiger partial charge in [-0.2, -0.15) is 0 Å². The zero-order chi connectivity index (χ0) is 13.8.